The Kier molecular flexibility index (Phi) is 3.92. The van der Waals surface area contributed by atoms with Gasteiger partial charge in [0, 0.05) is 11.9 Å². The normalized spacial score (nSPS) is 10.8. The van der Waals surface area contributed by atoms with Gasteiger partial charge in [0.1, 0.15) is 0 Å². The number of carboxylic acid groups (broad SMARTS) is 1. The predicted octanol–water partition coefficient (Wildman–Crippen LogP) is 2.14. The molecule has 0 atom stereocenters. The minimum absolute atomic E-state index is 0.0740. The number of aliphatic carboxylic acids is 1. The van der Waals surface area contributed by atoms with Crippen LogP contribution < -0.4 is 0 Å². The molecule has 0 aliphatic rings. The van der Waals surface area contributed by atoms with Gasteiger partial charge in [-0.15, -0.1) is 10.2 Å². The van der Waals surface area contributed by atoms with E-state index in [4.69, 9.17) is 5.11 Å². The molecule has 0 bridgehead atoms. The maximum Gasteiger partial charge on any atom is 0.313 e. The second kappa shape index (κ2) is 6.02. The summed E-state index contributed by atoms with van der Waals surface area (Å²) in [5.74, 6) is -0.353. The van der Waals surface area contributed by atoms with E-state index in [9.17, 15) is 4.79 Å². The molecule has 1 aromatic carbocycles. The molecule has 0 saturated heterocycles. The summed E-state index contributed by atoms with van der Waals surface area (Å²) in [7, 11) is 0. The van der Waals surface area contributed by atoms with Crippen molar-refractivity contribution in [3.8, 4) is 17.1 Å². The van der Waals surface area contributed by atoms with Crippen molar-refractivity contribution < 1.29 is 9.90 Å². The molecule has 7 nitrogen and oxygen atoms in total. The van der Waals surface area contributed by atoms with E-state index in [1.54, 1.807) is 12.4 Å². The van der Waals surface area contributed by atoms with Crippen LogP contribution in [-0.4, -0.2) is 41.8 Å². The molecule has 0 spiro atoms. The van der Waals surface area contributed by atoms with Crippen LogP contribution in [0.4, 0.5) is 0 Å². The van der Waals surface area contributed by atoms with Crippen molar-refractivity contribution in [3.05, 3.63) is 42.2 Å². The predicted molar refractivity (Wildman–Crippen MR) is 82.0 cm³/mol. The number of rotatable bonds is 5. The van der Waals surface area contributed by atoms with Crippen LogP contribution in [0.15, 0.2) is 41.8 Å². The lowest BCUT2D eigenvalue weighted by Crippen LogP contribution is -2.03. The standard InChI is InChI=1S/C14H13N5O2S/c1-9-2-4-11(5-3-9)19-13(10-6-15-16-7-10)17-18-14(19)22-8-12(20)21/h2-7H,8H2,1H3,(H,15,16)(H,20,21). The third kappa shape index (κ3) is 2.86. The third-order valence-electron chi connectivity index (χ3n) is 3.01. The smallest absolute Gasteiger partial charge is 0.313 e. The average molecular weight is 315 g/mol. The number of nitrogens with one attached hydrogen (secondary N) is 1. The van der Waals surface area contributed by atoms with Gasteiger partial charge in [-0.3, -0.25) is 14.5 Å². The zero-order valence-electron chi connectivity index (χ0n) is 11.7. The fourth-order valence-corrected chi connectivity index (χ4v) is 2.65. The van der Waals surface area contributed by atoms with Gasteiger partial charge in [-0.25, -0.2) is 0 Å². The quantitative estimate of drug-likeness (QED) is 0.700. The lowest BCUT2D eigenvalue weighted by molar-refractivity contribution is -0.133. The van der Waals surface area contributed by atoms with E-state index < -0.39 is 5.97 Å². The van der Waals surface area contributed by atoms with Gasteiger partial charge in [0.05, 0.1) is 17.5 Å². The number of nitrogens with zero attached hydrogens (tertiary/aromatic N) is 4. The molecule has 2 N–H and O–H groups in total. The second-order valence-electron chi connectivity index (χ2n) is 4.65. The summed E-state index contributed by atoms with van der Waals surface area (Å²) >= 11 is 1.13. The van der Waals surface area contributed by atoms with Gasteiger partial charge in [0.2, 0.25) is 0 Å². The van der Waals surface area contributed by atoms with Gasteiger partial charge in [0.15, 0.2) is 11.0 Å². The highest BCUT2D eigenvalue weighted by Crippen LogP contribution is 2.27. The van der Waals surface area contributed by atoms with E-state index >= 15 is 0 Å². The largest absolute Gasteiger partial charge is 0.481 e. The molecule has 0 amide bonds. The molecule has 3 rings (SSSR count). The number of hydrogen-bond donors (Lipinski definition) is 2. The Morgan fingerprint density at radius 3 is 2.73 bits per heavy atom. The first-order valence-electron chi connectivity index (χ1n) is 6.51. The van der Waals surface area contributed by atoms with Gasteiger partial charge < -0.3 is 5.11 Å². The summed E-state index contributed by atoms with van der Waals surface area (Å²) in [5.41, 5.74) is 2.80. The molecule has 0 unspecified atom stereocenters. The summed E-state index contributed by atoms with van der Waals surface area (Å²) in [6.45, 7) is 2.01. The van der Waals surface area contributed by atoms with Crippen LogP contribution in [0.2, 0.25) is 0 Å². The van der Waals surface area contributed by atoms with Crippen molar-refractivity contribution in [2.75, 3.05) is 5.75 Å². The molecule has 0 fully saturated rings. The average Bonchev–Trinajstić information content (AvgIpc) is 3.15. The minimum Gasteiger partial charge on any atom is -0.481 e. The highest BCUT2D eigenvalue weighted by atomic mass is 32.2. The van der Waals surface area contributed by atoms with Crippen molar-refractivity contribution in [2.45, 2.75) is 12.1 Å². The van der Waals surface area contributed by atoms with Crippen molar-refractivity contribution in [1.82, 2.24) is 25.0 Å². The fraction of sp³-hybridized carbons (Fsp3) is 0.143. The van der Waals surface area contributed by atoms with Crippen LogP contribution in [-0.2, 0) is 4.79 Å². The topological polar surface area (TPSA) is 96.7 Å². The molecule has 2 aromatic heterocycles. The summed E-state index contributed by atoms with van der Waals surface area (Å²) < 4.78 is 1.83. The number of benzene rings is 1. The molecule has 0 aliphatic carbocycles. The number of thioether (sulfide) groups is 1. The van der Waals surface area contributed by atoms with Crippen molar-refractivity contribution in [3.63, 3.8) is 0 Å². The van der Waals surface area contributed by atoms with Crippen molar-refractivity contribution >= 4 is 17.7 Å². The van der Waals surface area contributed by atoms with E-state index in [1.807, 2.05) is 35.8 Å². The number of aromatic nitrogens is 5. The van der Waals surface area contributed by atoms with Gasteiger partial charge in [-0.1, -0.05) is 29.5 Å². The van der Waals surface area contributed by atoms with Crippen LogP contribution in [0.1, 0.15) is 5.56 Å². The second-order valence-corrected chi connectivity index (χ2v) is 5.59. The summed E-state index contributed by atoms with van der Waals surface area (Å²) in [6, 6.07) is 7.88. The Hall–Kier alpha value is -2.61. The molecular formula is C14H13N5O2S. The zero-order chi connectivity index (χ0) is 15.5. The maximum atomic E-state index is 10.8. The Labute approximate surface area is 130 Å². The molecule has 3 aromatic rings. The summed E-state index contributed by atoms with van der Waals surface area (Å²) in [6.07, 6.45) is 3.38. The maximum absolute atomic E-state index is 10.8. The van der Waals surface area contributed by atoms with Crippen LogP contribution >= 0.6 is 11.8 Å². The molecule has 112 valence electrons. The SMILES string of the molecule is Cc1ccc(-n2c(SCC(=O)O)nnc2-c2cn[nH]c2)cc1. The third-order valence-corrected chi connectivity index (χ3v) is 3.92. The monoisotopic (exact) mass is 315 g/mol. The summed E-state index contributed by atoms with van der Waals surface area (Å²) in [4.78, 5) is 10.8. The Bertz CT molecular complexity index is 780. The van der Waals surface area contributed by atoms with Gasteiger partial charge >= 0.3 is 5.97 Å². The Balaban J connectivity index is 2.08. The van der Waals surface area contributed by atoms with E-state index in [0.29, 0.717) is 11.0 Å². The lowest BCUT2D eigenvalue weighted by atomic mass is 10.2. The van der Waals surface area contributed by atoms with E-state index in [-0.39, 0.29) is 5.75 Å². The summed E-state index contributed by atoms with van der Waals surface area (Å²) in [5, 5.41) is 24.4. The highest BCUT2D eigenvalue weighted by Gasteiger charge is 2.17. The van der Waals surface area contributed by atoms with Crippen LogP contribution in [0.25, 0.3) is 17.1 Å². The van der Waals surface area contributed by atoms with Gasteiger partial charge in [-0.2, -0.15) is 5.10 Å². The number of H-pyrrole nitrogens is 1. The van der Waals surface area contributed by atoms with Crippen molar-refractivity contribution in [2.24, 2.45) is 0 Å². The molecule has 0 saturated carbocycles. The van der Waals surface area contributed by atoms with Crippen molar-refractivity contribution in [1.29, 1.82) is 0 Å². The van der Waals surface area contributed by atoms with Crippen LogP contribution in [0.3, 0.4) is 0 Å². The number of aromatic amines is 1. The molecule has 0 aliphatic heterocycles. The molecule has 8 heteroatoms. The first-order chi connectivity index (χ1) is 10.6. The van der Waals surface area contributed by atoms with Gasteiger partial charge in [0.25, 0.3) is 0 Å². The van der Waals surface area contributed by atoms with Crippen LogP contribution in [0.5, 0.6) is 0 Å². The Morgan fingerprint density at radius 1 is 1.32 bits per heavy atom. The first-order valence-corrected chi connectivity index (χ1v) is 7.50. The number of carbonyl (C=O) groups is 1. The molecule has 2 heterocycles. The van der Waals surface area contributed by atoms with Gasteiger partial charge in [-0.05, 0) is 19.1 Å². The first kappa shape index (κ1) is 14.3. The number of hydrogen-bond acceptors (Lipinski definition) is 5. The van der Waals surface area contributed by atoms with E-state index in [2.05, 4.69) is 20.4 Å². The fourth-order valence-electron chi connectivity index (χ4n) is 1.98. The van der Waals surface area contributed by atoms with E-state index in [1.165, 1.54) is 0 Å². The molecule has 22 heavy (non-hydrogen) atoms. The highest BCUT2D eigenvalue weighted by molar-refractivity contribution is 7.99. The molecule has 0 radical (unpaired) electrons. The van der Waals surface area contributed by atoms with E-state index in [0.717, 1.165) is 28.6 Å². The number of aryl methyl sites for hydroxylation is 1. The number of carboxylic acids is 1. The minimum atomic E-state index is -0.895. The lowest BCUT2D eigenvalue weighted by Gasteiger charge is -2.09. The Morgan fingerprint density at radius 2 is 2.09 bits per heavy atom. The van der Waals surface area contributed by atoms with Crippen LogP contribution in [0, 0.1) is 6.92 Å². The zero-order valence-corrected chi connectivity index (χ0v) is 12.5. The molecular weight excluding hydrogens is 302 g/mol.